The first kappa shape index (κ1) is 64.9. The molecule has 404 valence electrons. The molecule has 6 unspecified atom stereocenters. The summed E-state index contributed by atoms with van der Waals surface area (Å²) in [7, 11) is 0. The molecule has 0 amide bonds. The molecule has 0 spiro atoms. The molecule has 3 N–H and O–H groups in total. The Bertz CT molecular complexity index is 1560. The Kier molecular flexibility index (Phi) is 42.9. The normalized spacial score (nSPS) is 19.1. The van der Waals surface area contributed by atoms with Crippen LogP contribution in [0.25, 0.3) is 0 Å². The molecule has 12 nitrogen and oxygen atoms in total. The Morgan fingerprint density at radius 1 is 0.479 bits per heavy atom. The van der Waals surface area contributed by atoms with Crippen LogP contribution < -0.4 is 0 Å². The average molecular weight is 997 g/mol. The average Bonchev–Trinajstić information content (AvgIpc) is 3.35. The van der Waals surface area contributed by atoms with Gasteiger partial charge in [0.2, 0.25) is 0 Å². The largest absolute Gasteiger partial charge is 0.479 e. The van der Waals surface area contributed by atoms with Crippen LogP contribution in [0.5, 0.6) is 0 Å². The number of carboxylic acids is 1. The molecule has 0 saturated carbocycles. The molecule has 1 fully saturated rings. The minimum absolute atomic E-state index is 0.0364. The fourth-order valence-electron chi connectivity index (χ4n) is 7.74. The monoisotopic (exact) mass is 997 g/mol. The van der Waals surface area contributed by atoms with Gasteiger partial charge in [0, 0.05) is 19.3 Å². The van der Waals surface area contributed by atoms with E-state index < -0.39 is 67.3 Å². The van der Waals surface area contributed by atoms with Crippen LogP contribution in [-0.4, -0.2) is 89.2 Å². The third-order valence-electron chi connectivity index (χ3n) is 12.0. The molecular formula is C59H96O12. The third kappa shape index (κ3) is 37.3. The molecule has 0 aliphatic carbocycles. The van der Waals surface area contributed by atoms with Gasteiger partial charge in [0.15, 0.2) is 24.6 Å². The second-order valence-electron chi connectivity index (χ2n) is 18.5. The SMILES string of the molecule is CC/C=C\C/C=C\C/C=C\C/C=C\CCC(=O)OC(COC(=O)CCCCCCCC/C=C\C/C=C\C/C=C\CCCCC)COC1OC(C(=O)O)C(O)C(O)C1OC(=O)CCCCCCCCCCC. The van der Waals surface area contributed by atoms with E-state index in [1.807, 2.05) is 12.2 Å². The maximum Gasteiger partial charge on any atom is 0.335 e. The highest BCUT2D eigenvalue weighted by atomic mass is 16.7. The van der Waals surface area contributed by atoms with Crippen molar-refractivity contribution in [2.45, 2.75) is 250 Å². The number of carboxylic acid groups (broad SMARTS) is 1. The van der Waals surface area contributed by atoms with Crippen molar-refractivity contribution in [1.82, 2.24) is 0 Å². The van der Waals surface area contributed by atoms with E-state index in [0.29, 0.717) is 25.7 Å². The lowest BCUT2D eigenvalue weighted by Crippen LogP contribution is -2.61. The number of ether oxygens (including phenoxy) is 5. The molecule has 1 rings (SSSR count). The van der Waals surface area contributed by atoms with Crippen LogP contribution >= 0.6 is 0 Å². The standard InChI is InChI=1S/C59H96O12/c1-4-7-10-13-16-19-21-23-24-25-26-27-28-30-31-34-36-39-42-45-51(60)67-48-50(69-52(61)46-43-40-38-35-32-29-22-20-17-14-11-8-5-2)49-68-59-57(55(64)54(63)56(71-59)58(65)66)70-53(62)47-44-41-37-33-18-15-12-9-6-3/h8,11,16-17,19-20,23-24,26-27,29,32,38,40,50,54-57,59,63-64H,4-7,9-10,12-15,18,21-22,25,28,30-31,33-37,39,41-49H2,1-3H3,(H,65,66)/b11-8-,19-16-,20-17-,24-23-,27-26-,32-29-,40-38-. The number of esters is 3. The molecule has 12 heteroatoms. The second kappa shape index (κ2) is 46.9. The van der Waals surface area contributed by atoms with E-state index in [1.54, 1.807) is 0 Å². The number of carbonyl (C=O) groups is 4. The Balaban J connectivity index is 2.73. The van der Waals surface area contributed by atoms with E-state index in [0.717, 1.165) is 96.3 Å². The zero-order valence-corrected chi connectivity index (χ0v) is 44.2. The first-order valence-electron chi connectivity index (χ1n) is 27.6. The highest BCUT2D eigenvalue weighted by Gasteiger charge is 2.50. The highest BCUT2D eigenvalue weighted by Crippen LogP contribution is 2.26. The summed E-state index contributed by atoms with van der Waals surface area (Å²) >= 11 is 0. The van der Waals surface area contributed by atoms with E-state index in [4.69, 9.17) is 23.7 Å². The van der Waals surface area contributed by atoms with Crippen LogP contribution in [0.4, 0.5) is 0 Å². The van der Waals surface area contributed by atoms with Crippen molar-refractivity contribution < 1.29 is 58.2 Å². The summed E-state index contributed by atoms with van der Waals surface area (Å²) in [5, 5.41) is 31.3. The lowest BCUT2D eigenvalue weighted by molar-refractivity contribution is -0.301. The number of allylic oxidation sites excluding steroid dienone is 14. The summed E-state index contributed by atoms with van der Waals surface area (Å²) in [5.41, 5.74) is 0. The van der Waals surface area contributed by atoms with E-state index in [-0.39, 0.29) is 25.9 Å². The van der Waals surface area contributed by atoms with E-state index in [1.165, 1.54) is 51.4 Å². The molecule has 0 aromatic heterocycles. The number of aliphatic hydroxyl groups is 2. The fraction of sp³-hybridized carbons (Fsp3) is 0.695. The molecule has 6 atom stereocenters. The molecule has 0 bridgehead atoms. The lowest BCUT2D eigenvalue weighted by atomic mass is 9.98. The van der Waals surface area contributed by atoms with Crippen molar-refractivity contribution in [2.24, 2.45) is 0 Å². The Morgan fingerprint density at radius 3 is 1.44 bits per heavy atom. The van der Waals surface area contributed by atoms with Crippen molar-refractivity contribution in [3.05, 3.63) is 85.1 Å². The molecule has 71 heavy (non-hydrogen) atoms. The minimum Gasteiger partial charge on any atom is -0.479 e. The van der Waals surface area contributed by atoms with E-state index in [9.17, 15) is 34.5 Å². The summed E-state index contributed by atoms with van der Waals surface area (Å²) in [6.07, 6.45) is 47.4. The maximum absolute atomic E-state index is 13.0. The molecule has 1 heterocycles. The van der Waals surface area contributed by atoms with Gasteiger partial charge < -0.3 is 39.0 Å². The van der Waals surface area contributed by atoms with E-state index >= 15 is 0 Å². The van der Waals surface area contributed by atoms with Gasteiger partial charge in [-0.15, -0.1) is 0 Å². The topological polar surface area (TPSA) is 175 Å². The first-order chi connectivity index (χ1) is 34.6. The van der Waals surface area contributed by atoms with Gasteiger partial charge in [-0.2, -0.15) is 0 Å². The summed E-state index contributed by atoms with van der Waals surface area (Å²) in [6, 6.07) is 0. The first-order valence-corrected chi connectivity index (χ1v) is 27.6. The van der Waals surface area contributed by atoms with Crippen LogP contribution in [-0.2, 0) is 42.9 Å². The van der Waals surface area contributed by atoms with Crippen LogP contribution in [0.3, 0.4) is 0 Å². The Morgan fingerprint density at radius 2 is 0.915 bits per heavy atom. The van der Waals surface area contributed by atoms with Gasteiger partial charge in [-0.05, 0) is 83.5 Å². The summed E-state index contributed by atoms with van der Waals surface area (Å²) in [5.74, 6) is -3.25. The molecule has 1 aliphatic rings. The van der Waals surface area contributed by atoms with Crippen molar-refractivity contribution in [1.29, 1.82) is 0 Å². The maximum atomic E-state index is 13.0. The lowest BCUT2D eigenvalue weighted by Gasteiger charge is -2.40. The number of unbranched alkanes of at least 4 members (excludes halogenated alkanes) is 17. The zero-order chi connectivity index (χ0) is 51.8. The minimum atomic E-state index is -1.91. The van der Waals surface area contributed by atoms with Crippen molar-refractivity contribution in [2.75, 3.05) is 13.2 Å². The number of aliphatic carboxylic acids is 1. The van der Waals surface area contributed by atoms with Crippen molar-refractivity contribution in [3.8, 4) is 0 Å². The fourth-order valence-corrected chi connectivity index (χ4v) is 7.74. The predicted octanol–water partition coefficient (Wildman–Crippen LogP) is 13.6. The van der Waals surface area contributed by atoms with Crippen molar-refractivity contribution in [3.63, 3.8) is 0 Å². The number of hydrogen-bond acceptors (Lipinski definition) is 11. The molecule has 0 aromatic carbocycles. The van der Waals surface area contributed by atoms with Gasteiger partial charge in [-0.3, -0.25) is 14.4 Å². The van der Waals surface area contributed by atoms with Gasteiger partial charge in [0.25, 0.3) is 0 Å². The highest BCUT2D eigenvalue weighted by molar-refractivity contribution is 5.74. The molecule has 1 saturated heterocycles. The van der Waals surface area contributed by atoms with Crippen LogP contribution in [0, 0.1) is 0 Å². The number of aliphatic hydroxyl groups excluding tert-OH is 2. The summed E-state index contributed by atoms with van der Waals surface area (Å²) in [6.45, 7) is 5.72. The molecule has 1 aliphatic heterocycles. The molecule has 0 aromatic rings. The molecular weight excluding hydrogens is 901 g/mol. The Labute approximate surface area is 429 Å². The third-order valence-corrected chi connectivity index (χ3v) is 12.0. The smallest absolute Gasteiger partial charge is 0.335 e. The summed E-state index contributed by atoms with van der Waals surface area (Å²) in [4.78, 5) is 50.8. The Hall–Kier alpha value is -4.10. The number of carbonyl (C=O) groups excluding carboxylic acids is 3. The number of hydrogen-bond donors (Lipinski definition) is 3. The number of rotatable bonds is 45. The van der Waals surface area contributed by atoms with Gasteiger partial charge in [-0.1, -0.05) is 196 Å². The van der Waals surface area contributed by atoms with Crippen LogP contribution in [0.1, 0.15) is 213 Å². The zero-order valence-electron chi connectivity index (χ0n) is 44.2. The van der Waals surface area contributed by atoms with Crippen LogP contribution in [0.15, 0.2) is 85.1 Å². The molecule has 0 radical (unpaired) electrons. The van der Waals surface area contributed by atoms with Crippen LogP contribution in [0.2, 0.25) is 0 Å². The predicted molar refractivity (Wildman–Crippen MR) is 284 cm³/mol. The second-order valence-corrected chi connectivity index (χ2v) is 18.5. The quantitative estimate of drug-likeness (QED) is 0.0228. The summed E-state index contributed by atoms with van der Waals surface area (Å²) < 4.78 is 28.2. The van der Waals surface area contributed by atoms with Gasteiger partial charge in [0.05, 0.1) is 6.61 Å². The van der Waals surface area contributed by atoms with Gasteiger partial charge >= 0.3 is 23.9 Å². The van der Waals surface area contributed by atoms with Crippen molar-refractivity contribution >= 4 is 23.9 Å². The van der Waals surface area contributed by atoms with E-state index in [2.05, 4.69) is 93.7 Å². The van der Waals surface area contributed by atoms with Gasteiger partial charge in [0.1, 0.15) is 18.8 Å². The van der Waals surface area contributed by atoms with Gasteiger partial charge in [-0.25, -0.2) is 4.79 Å².